The Labute approximate surface area is 107 Å². The molecule has 0 spiro atoms. The third-order valence-electron chi connectivity index (χ3n) is 2.63. The highest BCUT2D eigenvalue weighted by Gasteiger charge is 2.13. The predicted molar refractivity (Wildman–Crippen MR) is 71.2 cm³/mol. The summed E-state index contributed by atoms with van der Waals surface area (Å²) in [6.07, 6.45) is 3.23. The SMILES string of the molecule is CC(C)(C)c1ccc(-c2ncc(Cl)cn2)cc1. The molecule has 2 rings (SSSR count). The number of halogens is 1. The number of hydrogen-bond acceptors (Lipinski definition) is 2. The van der Waals surface area contributed by atoms with Gasteiger partial charge in [-0.1, -0.05) is 56.6 Å². The summed E-state index contributed by atoms with van der Waals surface area (Å²) in [5.74, 6) is 0.704. The summed E-state index contributed by atoms with van der Waals surface area (Å²) in [7, 11) is 0. The second-order valence-corrected chi connectivity index (χ2v) is 5.49. The molecule has 0 fully saturated rings. The van der Waals surface area contributed by atoms with E-state index in [1.165, 1.54) is 5.56 Å². The molecule has 0 unspecified atom stereocenters. The molecular formula is C14H15ClN2. The molecule has 0 saturated heterocycles. The van der Waals surface area contributed by atoms with Crippen LogP contribution in [0.15, 0.2) is 36.7 Å². The van der Waals surface area contributed by atoms with Gasteiger partial charge in [0.1, 0.15) is 0 Å². The summed E-state index contributed by atoms with van der Waals surface area (Å²) < 4.78 is 0. The molecule has 17 heavy (non-hydrogen) atoms. The van der Waals surface area contributed by atoms with Crippen molar-refractivity contribution in [1.82, 2.24) is 9.97 Å². The topological polar surface area (TPSA) is 25.8 Å². The highest BCUT2D eigenvalue weighted by atomic mass is 35.5. The minimum atomic E-state index is 0.166. The van der Waals surface area contributed by atoms with Gasteiger partial charge in [0.05, 0.1) is 5.02 Å². The monoisotopic (exact) mass is 246 g/mol. The van der Waals surface area contributed by atoms with Crippen LogP contribution < -0.4 is 0 Å². The van der Waals surface area contributed by atoms with E-state index < -0.39 is 0 Å². The minimum absolute atomic E-state index is 0.166. The van der Waals surface area contributed by atoms with Gasteiger partial charge in [-0.2, -0.15) is 0 Å². The third kappa shape index (κ3) is 2.83. The van der Waals surface area contributed by atoms with Crippen LogP contribution in [-0.2, 0) is 5.41 Å². The second kappa shape index (κ2) is 4.46. The molecule has 88 valence electrons. The summed E-state index contributed by atoms with van der Waals surface area (Å²) in [6, 6.07) is 8.33. The van der Waals surface area contributed by atoms with Crippen molar-refractivity contribution in [2.45, 2.75) is 26.2 Å². The van der Waals surface area contributed by atoms with E-state index in [4.69, 9.17) is 11.6 Å². The van der Waals surface area contributed by atoms with Crippen molar-refractivity contribution >= 4 is 11.6 Å². The molecule has 2 nitrogen and oxygen atoms in total. The summed E-state index contributed by atoms with van der Waals surface area (Å²) in [5.41, 5.74) is 2.48. The smallest absolute Gasteiger partial charge is 0.159 e. The maximum Gasteiger partial charge on any atom is 0.159 e. The van der Waals surface area contributed by atoms with Crippen molar-refractivity contribution in [3.8, 4) is 11.4 Å². The van der Waals surface area contributed by atoms with Gasteiger partial charge in [0.25, 0.3) is 0 Å². The summed E-state index contributed by atoms with van der Waals surface area (Å²) >= 11 is 5.76. The second-order valence-electron chi connectivity index (χ2n) is 5.05. The van der Waals surface area contributed by atoms with Gasteiger partial charge in [-0.05, 0) is 11.0 Å². The van der Waals surface area contributed by atoms with Crippen molar-refractivity contribution in [3.63, 3.8) is 0 Å². The highest BCUT2D eigenvalue weighted by Crippen LogP contribution is 2.24. The van der Waals surface area contributed by atoms with Gasteiger partial charge in [-0.3, -0.25) is 0 Å². The van der Waals surface area contributed by atoms with Gasteiger partial charge in [-0.25, -0.2) is 9.97 Å². The summed E-state index contributed by atoms with van der Waals surface area (Å²) in [6.45, 7) is 6.59. The van der Waals surface area contributed by atoms with Crippen LogP contribution in [0.25, 0.3) is 11.4 Å². The molecule has 3 heteroatoms. The molecule has 2 aromatic rings. The van der Waals surface area contributed by atoms with Gasteiger partial charge in [0.2, 0.25) is 0 Å². The Balaban J connectivity index is 2.33. The normalized spacial score (nSPS) is 11.5. The van der Waals surface area contributed by atoms with Gasteiger partial charge >= 0.3 is 0 Å². The van der Waals surface area contributed by atoms with E-state index >= 15 is 0 Å². The molecule has 0 saturated carbocycles. The molecule has 0 N–H and O–H groups in total. The van der Waals surface area contributed by atoms with E-state index in [0.29, 0.717) is 10.8 Å². The Hall–Kier alpha value is -1.41. The Bertz CT molecular complexity index is 495. The molecule has 1 heterocycles. The zero-order valence-electron chi connectivity index (χ0n) is 10.2. The fraction of sp³-hybridized carbons (Fsp3) is 0.286. The van der Waals surface area contributed by atoms with Crippen molar-refractivity contribution in [3.05, 3.63) is 47.2 Å². The third-order valence-corrected chi connectivity index (χ3v) is 2.82. The average molecular weight is 247 g/mol. The lowest BCUT2D eigenvalue weighted by Crippen LogP contribution is -2.10. The van der Waals surface area contributed by atoms with Crippen molar-refractivity contribution in [1.29, 1.82) is 0 Å². The summed E-state index contributed by atoms with van der Waals surface area (Å²) in [5, 5.41) is 0.556. The standard InChI is InChI=1S/C14H15ClN2/c1-14(2,3)11-6-4-10(5-7-11)13-16-8-12(15)9-17-13/h4-9H,1-3H3. The van der Waals surface area contributed by atoms with E-state index in [2.05, 4.69) is 42.9 Å². The molecule has 1 aromatic carbocycles. The molecule has 0 aliphatic rings. The molecule has 0 atom stereocenters. The van der Waals surface area contributed by atoms with E-state index in [-0.39, 0.29) is 5.41 Å². The van der Waals surface area contributed by atoms with Crippen LogP contribution in [0.3, 0.4) is 0 Å². The number of benzene rings is 1. The van der Waals surface area contributed by atoms with Gasteiger partial charge in [-0.15, -0.1) is 0 Å². The van der Waals surface area contributed by atoms with Crippen LogP contribution in [0.2, 0.25) is 5.02 Å². The summed E-state index contributed by atoms with van der Waals surface area (Å²) in [4.78, 5) is 8.39. The first-order chi connectivity index (χ1) is 7.97. The largest absolute Gasteiger partial charge is 0.235 e. The van der Waals surface area contributed by atoms with Gasteiger partial charge in [0.15, 0.2) is 5.82 Å². The maximum absolute atomic E-state index is 5.76. The molecule has 0 aliphatic carbocycles. The predicted octanol–water partition coefficient (Wildman–Crippen LogP) is 4.09. The number of rotatable bonds is 1. The highest BCUT2D eigenvalue weighted by molar-refractivity contribution is 6.30. The first-order valence-electron chi connectivity index (χ1n) is 5.55. The van der Waals surface area contributed by atoms with Crippen LogP contribution in [0.1, 0.15) is 26.3 Å². The zero-order chi connectivity index (χ0) is 12.5. The van der Waals surface area contributed by atoms with E-state index in [9.17, 15) is 0 Å². The molecule has 1 aromatic heterocycles. The Morgan fingerprint density at radius 2 is 1.47 bits per heavy atom. The maximum atomic E-state index is 5.76. The van der Waals surface area contributed by atoms with Gasteiger partial charge in [0, 0.05) is 18.0 Å². The van der Waals surface area contributed by atoms with Crippen LogP contribution in [0, 0.1) is 0 Å². The van der Waals surface area contributed by atoms with Crippen molar-refractivity contribution in [2.24, 2.45) is 0 Å². The lowest BCUT2D eigenvalue weighted by Gasteiger charge is -2.18. The molecule has 0 aliphatic heterocycles. The molecule has 0 radical (unpaired) electrons. The van der Waals surface area contributed by atoms with E-state index in [1.54, 1.807) is 12.4 Å². The van der Waals surface area contributed by atoms with E-state index in [1.807, 2.05) is 12.1 Å². The fourth-order valence-corrected chi connectivity index (χ4v) is 1.68. The van der Waals surface area contributed by atoms with Gasteiger partial charge < -0.3 is 0 Å². The fourth-order valence-electron chi connectivity index (χ4n) is 1.58. The molecule has 0 amide bonds. The lowest BCUT2D eigenvalue weighted by atomic mass is 9.87. The van der Waals surface area contributed by atoms with E-state index in [0.717, 1.165) is 5.56 Å². The zero-order valence-corrected chi connectivity index (χ0v) is 11.0. The van der Waals surface area contributed by atoms with Crippen LogP contribution in [-0.4, -0.2) is 9.97 Å². The Morgan fingerprint density at radius 1 is 0.941 bits per heavy atom. The number of nitrogens with zero attached hydrogens (tertiary/aromatic N) is 2. The lowest BCUT2D eigenvalue weighted by molar-refractivity contribution is 0.590. The van der Waals surface area contributed by atoms with Crippen LogP contribution in [0.4, 0.5) is 0 Å². The first-order valence-corrected chi connectivity index (χ1v) is 5.93. The first kappa shape index (κ1) is 12.1. The number of hydrogen-bond donors (Lipinski definition) is 0. The molecule has 0 bridgehead atoms. The van der Waals surface area contributed by atoms with Crippen LogP contribution >= 0.6 is 11.6 Å². The molecular weight excluding hydrogens is 232 g/mol. The average Bonchev–Trinajstić information content (AvgIpc) is 2.29. The minimum Gasteiger partial charge on any atom is -0.235 e. The quantitative estimate of drug-likeness (QED) is 0.757. The van der Waals surface area contributed by atoms with Crippen molar-refractivity contribution in [2.75, 3.05) is 0 Å². The Kier molecular flexibility index (Phi) is 3.16. The van der Waals surface area contributed by atoms with Crippen molar-refractivity contribution < 1.29 is 0 Å². The van der Waals surface area contributed by atoms with Crippen LogP contribution in [0.5, 0.6) is 0 Å². The Morgan fingerprint density at radius 3 is 1.94 bits per heavy atom. The number of aromatic nitrogens is 2.